The Morgan fingerprint density at radius 3 is 2.68 bits per heavy atom. The minimum atomic E-state index is -0.422. The number of amides is 2. The molecule has 8 nitrogen and oxygen atoms in total. The number of furan rings is 1. The van der Waals surface area contributed by atoms with Gasteiger partial charge in [0.25, 0.3) is 0 Å². The number of halogens is 1. The van der Waals surface area contributed by atoms with E-state index in [1.165, 1.54) is 24.5 Å². The second-order valence-electron chi connectivity index (χ2n) is 8.05. The molecule has 2 N–H and O–H groups in total. The van der Waals surface area contributed by atoms with Crippen molar-refractivity contribution in [3.8, 4) is 6.07 Å². The zero-order valence-electron chi connectivity index (χ0n) is 17.5. The van der Waals surface area contributed by atoms with Crippen molar-refractivity contribution in [2.45, 2.75) is 26.8 Å². The number of nitrogens with zero attached hydrogens (tertiary/aromatic N) is 4. The van der Waals surface area contributed by atoms with Crippen molar-refractivity contribution >= 4 is 28.6 Å². The van der Waals surface area contributed by atoms with Crippen molar-refractivity contribution in [2.24, 2.45) is 11.8 Å². The number of anilines is 2. The summed E-state index contributed by atoms with van der Waals surface area (Å²) >= 11 is 0. The summed E-state index contributed by atoms with van der Waals surface area (Å²) in [7, 11) is 0. The Balaban J connectivity index is 1.45. The van der Waals surface area contributed by atoms with Gasteiger partial charge in [0.05, 0.1) is 36.1 Å². The van der Waals surface area contributed by atoms with Gasteiger partial charge in [-0.1, -0.05) is 13.8 Å². The molecule has 1 fully saturated rings. The van der Waals surface area contributed by atoms with E-state index in [2.05, 4.69) is 26.7 Å². The number of aryl methyl sites for hydroxylation is 1. The normalized spacial score (nSPS) is 14.9. The summed E-state index contributed by atoms with van der Waals surface area (Å²) in [6.07, 6.45) is 3.06. The molecular weight excluding hydrogens is 399 g/mol. The molecule has 0 unspecified atom stereocenters. The van der Waals surface area contributed by atoms with Crippen LogP contribution in [0.4, 0.5) is 20.8 Å². The third-order valence-electron chi connectivity index (χ3n) is 5.41. The van der Waals surface area contributed by atoms with Crippen molar-refractivity contribution in [2.75, 3.05) is 23.3 Å². The minimum absolute atomic E-state index is 0.0124. The second kappa shape index (κ2) is 8.22. The van der Waals surface area contributed by atoms with E-state index in [9.17, 15) is 9.18 Å². The maximum absolute atomic E-state index is 13.6. The molecule has 2 aromatic heterocycles. The number of urea groups is 1. The van der Waals surface area contributed by atoms with Crippen molar-refractivity contribution < 1.29 is 13.6 Å². The highest BCUT2D eigenvalue weighted by Gasteiger charge is 2.28. The van der Waals surface area contributed by atoms with Gasteiger partial charge in [-0.15, -0.1) is 0 Å². The van der Waals surface area contributed by atoms with Crippen molar-refractivity contribution in [3.63, 3.8) is 0 Å². The maximum atomic E-state index is 13.6. The predicted octanol–water partition coefficient (Wildman–Crippen LogP) is 4.15. The van der Waals surface area contributed by atoms with Crippen LogP contribution in [0.2, 0.25) is 0 Å². The molecule has 160 valence electrons. The fourth-order valence-corrected chi connectivity index (χ4v) is 3.62. The topological polar surface area (TPSA) is 107 Å². The van der Waals surface area contributed by atoms with E-state index >= 15 is 0 Å². The third kappa shape index (κ3) is 4.14. The minimum Gasteiger partial charge on any atom is -0.459 e. The highest BCUT2D eigenvalue weighted by atomic mass is 19.1. The monoisotopic (exact) mass is 422 g/mol. The summed E-state index contributed by atoms with van der Waals surface area (Å²) in [6, 6.07) is 5.76. The van der Waals surface area contributed by atoms with E-state index in [0.29, 0.717) is 41.5 Å². The summed E-state index contributed by atoms with van der Waals surface area (Å²) in [5.74, 6) is 0.843. The van der Waals surface area contributed by atoms with E-state index in [0.717, 1.165) is 5.56 Å². The van der Waals surface area contributed by atoms with Gasteiger partial charge in [0, 0.05) is 24.0 Å². The Labute approximate surface area is 179 Å². The van der Waals surface area contributed by atoms with Crippen LogP contribution >= 0.6 is 0 Å². The number of nitriles is 1. The number of aromatic nitrogens is 2. The summed E-state index contributed by atoms with van der Waals surface area (Å²) in [4.78, 5) is 23.0. The number of rotatable bonds is 5. The van der Waals surface area contributed by atoms with Gasteiger partial charge in [0.15, 0.2) is 0 Å². The number of fused-ring (bicyclic) bond motifs is 1. The number of nitrogens with one attached hydrogen (secondary N) is 2. The molecule has 0 bridgehead atoms. The van der Waals surface area contributed by atoms with E-state index in [1.54, 1.807) is 6.07 Å². The average Bonchev–Trinajstić information content (AvgIpc) is 3.02. The van der Waals surface area contributed by atoms with Crippen LogP contribution in [0, 0.1) is 35.9 Å². The third-order valence-corrected chi connectivity index (χ3v) is 5.41. The largest absolute Gasteiger partial charge is 0.459 e. The number of benzene rings is 1. The maximum Gasteiger partial charge on any atom is 0.319 e. The highest BCUT2D eigenvalue weighted by molar-refractivity contribution is 5.89. The number of hydrogen-bond acceptors (Lipinski definition) is 6. The van der Waals surface area contributed by atoms with E-state index in [1.807, 2.05) is 25.7 Å². The Morgan fingerprint density at radius 2 is 2.03 bits per heavy atom. The fraction of sp³-hybridized carbons (Fsp3) is 0.364. The molecule has 2 amide bonds. The van der Waals surface area contributed by atoms with Gasteiger partial charge in [0.2, 0.25) is 5.95 Å². The zero-order valence-corrected chi connectivity index (χ0v) is 17.5. The lowest BCUT2D eigenvalue weighted by Gasteiger charge is -2.35. The number of carbonyl (C=O) groups excluding carboxylic acids is 1. The molecule has 1 saturated heterocycles. The lowest BCUT2D eigenvalue weighted by molar-refractivity contribution is 0.241. The Hall–Kier alpha value is -3.67. The van der Waals surface area contributed by atoms with Crippen molar-refractivity contribution in [1.29, 1.82) is 5.26 Å². The quantitative estimate of drug-likeness (QED) is 0.640. The van der Waals surface area contributed by atoms with Crippen LogP contribution in [0.25, 0.3) is 11.0 Å². The predicted molar refractivity (Wildman–Crippen MR) is 114 cm³/mol. The molecule has 0 saturated carbocycles. The molecule has 0 radical (unpaired) electrons. The first kappa shape index (κ1) is 20.6. The van der Waals surface area contributed by atoms with Crippen LogP contribution in [0.15, 0.2) is 35.0 Å². The second-order valence-corrected chi connectivity index (χ2v) is 8.05. The van der Waals surface area contributed by atoms with Crippen LogP contribution in [0.3, 0.4) is 0 Å². The summed E-state index contributed by atoms with van der Waals surface area (Å²) in [5, 5.41) is 15.2. The highest BCUT2D eigenvalue weighted by Crippen LogP contribution is 2.33. The van der Waals surface area contributed by atoms with Gasteiger partial charge in [0.1, 0.15) is 17.2 Å². The molecule has 1 aliphatic heterocycles. The molecule has 9 heteroatoms. The Morgan fingerprint density at radius 1 is 1.32 bits per heavy atom. The SMILES string of the molecule is Cc1c([C@@H](NC(=O)Nc2cnc(N3CC(C#N)C3)nc2)C(C)C)oc2ccc(F)cc12. The van der Waals surface area contributed by atoms with E-state index in [4.69, 9.17) is 9.68 Å². The summed E-state index contributed by atoms with van der Waals surface area (Å²) in [6.45, 7) is 7.02. The van der Waals surface area contributed by atoms with Crippen LogP contribution in [0.5, 0.6) is 0 Å². The number of carbonyl (C=O) groups is 1. The zero-order chi connectivity index (χ0) is 22.1. The van der Waals surface area contributed by atoms with Crippen molar-refractivity contribution in [1.82, 2.24) is 15.3 Å². The molecule has 0 aliphatic carbocycles. The first-order valence-electron chi connectivity index (χ1n) is 10.1. The molecule has 3 aromatic rings. The Bertz CT molecular complexity index is 1150. The van der Waals surface area contributed by atoms with Crippen LogP contribution in [-0.2, 0) is 0 Å². The summed E-state index contributed by atoms with van der Waals surface area (Å²) in [5.41, 5.74) is 1.83. The summed E-state index contributed by atoms with van der Waals surface area (Å²) < 4.78 is 19.6. The molecule has 3 heterocycles. The van der Waals surface area contributed by atoms with Gasteiger partial charge in [-0.2, -0.15) is 5.26 Å². The first-order valence-corrected chi connectivity index (χ1v) is 10.1. The van der Waals surface area contributed by atoms with Crippen LogP contribution in [-0.4, -0.2) is 29.1 Å². The average molecular weight is 422 g/mol. The molecule has 4 rings (SSSR count). The lowest BCUT2D eigenvalue weighted by Crippen LogP contribution is -2.46. The van der Waals surface area contributed by atoms with E-state index in [-0.39, 0.29) is 17.7 Å². The van der Waals surface area contributed by atoms with E-state index < -0.39 is 12.1 Å². The van der Waals surface area contributed by atoms with Gasteiger partial charge in [-0.05, 0) is 31.0 Å². The Kier molecular flexibility index (Phi) is 5.46. The van der Waals surface area contributed by atoms with Gasteiger partial charge in [-0.3, -0.25) is 0 Å². The molecule has 1 atom stereocenters. The van der Waals surface area contributed by atoms with Gasteiger partial charge >= 0.3 is 6.03 Å². The van der Waals surface area contributed by atoms with Gasteiger partial charge in [-0.25, -0.2) is 19.2 Å². The molecule has 31 heavy (non-hydrogen) atoms. The lowest BCUT2D eigenvalue weighted by atomic mass is 9.98. The van der Waals surface area contributed by atoms with Crippen LogP contribution in [0.1, 0.15) is 31.2 Å². The molecule has 1 aliphatic rings. The standard InChI is InChI=1S/C22H23FN6O2/c1-12(2)19(20-13(3)17-6-15(23)4-5-18(17)31-20)28-22(30)27-16-8-25-21(26-9-16)29-10-14(7-24)11-29/h4-6,8-9,12,14,19H,10-11H2,1-3H3,(H2,27,28,30)/t19-/m0/s1. The van der Waals surface area contributed by atoms with Crippen molar-refractivity contribution in [3.05, 3.63) is 47.7 Å². The molecule has 0 spiro atoms. The first-order chi connectivity index (χ1) is 14.9. The number of hydrogen-bond donors (Lipinski definition) is 2. The van der Waals surface area contributed by atoms with Crippen LogP contribution < -0.4 is 15.5 Å². The fourth-order valence-electron chi connectivity index (χ4n) is 3.62. The molecule has 1 aromatic carbocycles. The van der Waals surface area contributed by atoms with Gasteiger partial charge < -0.3 is 20.0 Å². The smallest absolute Gasteiger partial charge is 0.319 e. The molecular formula is C22H23FN6O2.